The van der Waals surface area contributed by atoms with Crippen molar-refractivity contribution in [3.05, 3.63) is 34.3 Å². The van der Waals surface area contributed by atoms with Gasteiger partial charge in [0.2, 0.25) is 5.39 Å². The van der Waals surface area contributed by atoms with Crippen LogP contribution in [0, 0.1) is 12.3 Å². The second kappa shape index (κ2) is 4.43. The van der Waals surface area contributed by atoms with Crippen LogP contribution in [0.2, 0.25) is 0 Å². The highest BCUT2D eigenvalue weighted by atomic mass is 35.5. The number of carbonyl (C=O) groups is 1. The molecule has 0 fully saturated rings. The molecule has 0 amide bonds. The monoisotopic (exact) mass is 198 g/mol. The van der Waals surface area contributed by atoms with E-state index in [-0.39, 0.29) is 23.7 Å². The summed E-state index contributed by atoms with van der Waals surface area (Å²) in [5.41, 5.74) is 0.764. The van der Waals surface area contributed by atoms with E-state index >= 15 is 0 Å². The number of aryl methyl sites for hydroxylation is 1. The predicted octanol–water partition coefficient (Wildman–Crippen LogP) is -0.818. The van der Waals surface area contributed by atoms with Crippen molar-refractivity contribution in [1.29, 1.82) is 5.39 Å². The van der Waals surface area contributed by atoms with E-state index in [0.29, 0.717) is 5.56 Å². The number of rotatable bonds is 1. The molecule has 0 saturated heterocycles. The second-order valence-electron chi connectivity index (χ2n) is 2.38. The minimum atomic E-state index is -1.09. The van der Waals surface area contributed by atoms with Gasteiger partial charge in [-0.25, -0.2) is 4.79 Å². The molecular weight excluding hydrogens is 192 g/mol. The summed E-state index contributed by atoms with van der Waals surface area (Å²) in [6, 6.07) is 4.68. The van der Waals surface area contributed by atoms with Crippen LogP contribution in [0.4, 0.5) is 5.69 Å². The van der Waals surface area contributed by atoms with E-state index in [4.69, 9.17) is 10.5 Å². The van der Waals surface area contributed by atoms with Crippen molar-refractivity contribution in [2.75, 3.05) is 0 Å². The van der Waals surface area contributed by atoms with Gasteiger partial charge in [0.1, 0.15) is 0 Å². The molecule has 1 N–H and O–H groups in total. The molecule has 0 radical (unpaired) electrons. The van der Waals surface area contributed by atoms with Crippen molar-refractivity contribution >= 4 is 11.7 Å². The van der Waals surface area contributed by atoms with Gasteiger partial charge in [0.05, 0.1) is 0 Å². The van der Waals surface area contributed by atoms with Gasteiger partial charge in [-0.2, -0.15) is 0 Å². The van der Waals surface area contributed by atoms with Crippen molar-refractivity contribution < 1.29 is 22.3 Å². The zero-order chi connectivity index (χ0) is 9.14. The van der Waals surface area contributed by atoms with Crippen LogP contribution >= 0.6 is 0 Å². The lowest BCUT2D eigenvalue weighted by Gasteiger charge is -1.90. The van der Waals surface area contributed by atoms with Gasteiger partial charge in [-0.15, -0.1) is 0 Å². The number of carboxylic acid groups (broad SMARTS) is 1. The molecule has 68 valence electrons. The molecule has 13 heavy (non-hydrogen) atoms. The van der Waals surface area contributed by atoms with Crippen LogP contribution in [0.25, 0.3) is 4.98 Å². The van der Waals surface area contributed by atoms with Gasteiger partial charge in [0.25, 0.3) is 0 Å². The Morgan fingerprint density at radius 2 is 2.15 bits per heavy atom. The fourth-order valence-corrected chi connectivity index (χ4v) is 0.964. The third kappa shape index (κ3) is 2.17. The van der Waals surface area contributed by atoms with Crippen molar-refractivity contribution in [2.45, 2.75) is 6.92 Å². The molecule has 1 aromatic carbocycles. The highest BCUT2D eigenvalue weighted by Crippen LogP contribution is 2.23. The van der Waals surface area contributed by atoms with Gasteiger partial charge in [-0.1, -0.05) is 12.1 Å². The fraction of sp³-hybridized carbons (Fsp3) is 0.125. The Balaban J connectivity index is 0.00000144. The lowest BCUT2D eigenvalue weighted by atomic mass is 10.1. The second-order valence-corrected chi connectivity index (χ2v) is 2.38. The first-order chi connectivity index (χ1) is 5.66. The molecule has 0 aliphatic rings. The molecule has 5 heteroatoms. The molecule has 0 atom stereocenters. The zero-order valence-electron chi connectivity index (χ0n) is 6.86. The number of halogens is 1. The SMILES string of the molecule is Cc1cccc(C(=O)O)c1[N+]#N.[Cl-]. The summed E-state index contributed by atoms with van der Waals surface area (Å²) in [4.78, 5) is 13.5. The van der Waals surface area contributed by atoms with Gasteiger partial charge in [-0.3, -0.25) is 0 Å². The Kier molecular flexibility index (Phi) is 3.89. The number of benzene rings is 1. The summed E-state index contributed by atoms with van der Waals surface area (Å²) in [5, 5.41) is 17.2. The molecule has 1 rings (SSSR count). The van der Waals surface area contributed by atoms with Crippen LogP contribution in [0.5, 0.6) is 0 Å². The minimum Gasteiger partial charge on any atom is -1.00 e. The van der Waals surface area contributed by atoms with E-state index in [2.05, 4.69) is 4.98 Å². The first-order valence-corrected chi connectivity index (χ1v) is 3.35. The van der Waals surface area contributed by atoms with E-state index in [0.717, 1.165) is 0 Å². The van der Waals surface area contributed by atoms with Crippen LogP contribution in [-0.2, 0) is 0 Å². The van der Waals surface area contributed by atoms with Crippen molar-refractivity contribution in [2.24, 2.45) is 0 Å². The van der Waals surface area contributed by atoms with Gasteiger partial charge >= 0.3 is 11.7 Å². The van der Waals surface area contributed by atoms with Gasteiger partial charge in [0, 0.05) is 5.56 Å². The van der Waals surface area contributed by atoms with Gasteiger partial charge in [0.15, 0.2) is 10.5 Å². The summed E-state index contributed by atoms with van der Waals surface area (Å²) in [5.74, 6) is -1.09. The highest BCUT2D eigenvalue weighted by molar-refractivity contribution is 5.95. The van der Waals surface area contributed by atoms with Crippen molar-refractivity contribution in [1.82, 2.24) is 0 Å². The maximum atomic E-state index is 10.6. The lowest BCUT2D eigenvalue weighted by Crippen LogP contribution is -3.00. The summed E-state index contributed by atoms with van der Waals surface area (Å²) in [6.45, 7) is 1.68. The molecule has 4 nitrogen and oxygen atoms in total. The maximum Gasteiger partial charge on any atom is 0.402 e. The Morgan fingerprint density at radius 3 is 2.54 bits per heavy atom. The molecule has 0 aliphatic carbocycles. The van der Waals surface area contributed by atoms with E-state index in [1.54, 1.807) is 19.1 Å². The molecule has 0 spiro atoms. The summed E-state index contributed by atoms with van der Waals surface area (Å²) in [7, 11) is 0. The van der Waals surface area contributed by atoms with Crippen molar-refractivity contribution in [3.8, 4) is 0 Å². The summed E-state index contributed by atoms with van der Waals surface area (Å²) < 4.78 is 0. The quantitative estimate of drug-likeness (QED) is 0.600. The molecule has 0 unspecified atom stereocenters. The molecule has 1 aromatic rings. The largest absolute Gasteiger partial charge is 1.00 e. The predicted molar refractivity (Wildman–Crippen MR) is 42.9 cm³/mol. The first kappa shape index (κ1) is 11.4. The fourth-order valence-electron chi connectivity index (χ4n) is 0.964. The average molecular weight is 199 g/mol. The standard InChI is InChI=1S/C8H6N2O2.ClH/c1-5-3-2-4-6(8(11)12)7(5)10-9;/h2-4H,1H3;1H. The molecule has 0 saturated carbocycles. The summed E-state index contributed by atoms with van der Waals surface area (Å²) in [6.07, 6.45) is 0. The molecule has 0 aliphatic heterocycles. The van der Waals surface area contributed by atoms with E-state index in [1.807, 2.05) is 0 Å². The van der Waals surface area contributed by atoms with Gasteiger partial charge in [-0.05, 0) is 13.0 Å². The van der Waals surface area contributed by atoms with Crippen LogP contribution in [-0.4, -0.2) is 11.1 Å². The Morgan fingerprint density at radius 1 is 1.54 bits per heavy atom. The normalized spacial score (nSPS) is 8.31. The zero-order valence-corrected chi connectivity index (χ0v) is 7.62. The highest BCUT2D eigenvalue weighted by Gasteiger charge is 2.21. The molecule has 0 aromatic heterocycles. The number of hydrogen-bond acceptors (Lipinski definition) is 2. The van der Waals surface area contributed by atoms with E-state index in [9.17, 15) is 4.79 Å². The maximum absolute atomic E-state index is 10.6. The number of nitrogens with zero attached hydrogens (tertiary/aromatic N) is 2. The Hall–Kier alpha value is -1.60. The summed E-state index contributed by atoms with van der Waals surface area (Å²) >= 11 is 0. The third-order valence-corrected chi connectivity index (χ3v) is 1.57. The molecule has 0 heterocycles. The average Bonchev–Trinajstić information content (AvgIpc) is 2.03. The third-order valence-electron chi connectivity index (χ3n) is 1.57. The smallest absolute Gasteiger partial charge is 0.402 e. The van der Waals surface area contributed by atoms with Crippen LogP contribution in [0.1, 0.15) is 15.9 Å². The molecular formula is C8H7ClN2O2. The number of hydrogen-bond donors (Lipinski definition) is 1. The topological polar surface area (TPSA) is 65.4 Å². The van der Waals surface area contributed by atoms with Crippen molar-refractivity contribution in [3.63, 3.8) is 0 Å². The van der Waals surface area contributed by atoms with Crippen LogP contribution < -0.4 is 12.4 Å². The van der Waals surface area contributed by atoms with Crippen LogP contribution in [0.15, 0.2) is 18.2 Å². The molecule has 0 bridgehead atoms. The Labute approximate surface area is 81.2 Å². The lowest BCUT2D eigenvalue weighted by molar-refractivity contribution is -0.0000184. The van der Waals surface area contributed by atoms with E-state index < -0.39 is 5.97 Å². The first-order valence-electron chi connectivity index (χ1n) is 3.35. The van der Waals surface area contributed by atoms with Gasteiger partial charge < -0.3 is 17.5 Å². The number of aromatic carboxylic acids is 1. The van der Waals surface area contributed by atoms with Crippen LogP contribution in [0.3, 0.4) is 0 Å². The number of carboxylic acids is 1. The number of diazo groups is 1. The minimum absolute atomic E-state index is 0. The Bertz CT molecular complexity index is 371. The van der Waals surface area contributed by atoms with E-state index in [1.165, 1.54) is 6.07 Å².